The van der Waals surface area contributed by atoms with Gasteiger partial charge in [0, 0.05) is 31.7 Å². The third kappa shape index (κ3) is 5.76. The summed E-state index contributed by atoms with van der Waals surface area (Å²) in [5.41, 5.74) is -0.413. The van der Waals surface area contributed by atoms with Crippen molar-refractivity contribution in [1.82, 2.24) is 15.1 Å². The molecule has 2 heterocycles. The van der Waals surface area contributed by atoms with Crippen LogP contribution in [0.4, 0.5) is 4.79 Å². The fourth-order valence-electron chi connectivity index (χ4n) is 3.37. The molecule has 22 heavy (non-hydrogen) atoms. The summed E-state index contributed by atoms with van der Waals surface area (Å²) in [4.78, 5) is 16.5. The van der Waals surface area contributed by atoms with Gasteiger partial charge < -0.3 is 19.9 Å². The molecule has 5 heteroatoms. The zero-order chi connectivity index (χ0) is 16.2. The predicted octanol–water partition coefficient (Wildman–Crippen LogP) is 2.46. The van der Waals surface area contributed by atoms with Gasteiger partial charge in [0.05, 0.1) is 0 Å². The van der Waals surface area contributed by atoms with E-state index in [9.17, 15) is 4.79 Å². The van der Waals surface area contributed by atoms with Crippen molar-refractivity contribution in [3.8, 4) is 0 Å². The molecule has 2 fully saturated rings. The third-order valence-electron chi connectivity index (χ3n) is 4.34. The molecular weight excluding hydrogens is 278 g/mol. The van der Waals surface area contributed by atoms with Crippen molar-refractivity contribution in [2.45, 2.75) is 71.1 Å². The van der Waals surface area contributed by atoms with Gasteiger partial charge in [-0.25, -0.2) is 4.79 Å². The van der Waals surface area contributed by atoms with Crippen LogP contribution < -0.4 is 5.32 Å². The maximum Gasteiger partial charge on any atom is 0.410 e. The van der Waals surface area contributed by atoms with Gasteiger partial charge in [0.2, 0.25) is 0 Å². The van der Waals surface area contributed by atoms with E-state index in [4.69, 9.17) is 4.74 Å². The van der Waals surface area contributed by atoms with Crippen LogP contribution in [0.2, 0.25) is 0 Å². The second-order valence-electron chi connectivity index (χ2n) is 7.84. The number of rotatable bonds is 4. The molecule has 0 spiro atoms. The first kappa shape index (κ1) is 17.5. The van der Waals surface area contributed by atoms with Gasteiger partial charge in [0.25, 0.3) is 0 Å². The number of nitrogens with one attached hydrogen (secondary N) is 1. The van der Waals surface area contributed by atoms with Gasteiger partial charge in [-0.1, -0.05) is 6.42 Å². The minimum absolute atomic E-state index is 0.180. The molecule has 2 aliphatic heterocycles. The summed E-state index contributed by atoms with van der Waals surface area (Å²) in [5, 5.41) is 3.68. The number of hydrogen-bond donors (Lipinski definition) is 1. The molecule has 0 aromatic carbocycles. The van der Waals surface area contributed by atoms with E-state index in [-0.39, 0.29) is 6.09 Å². The molecule has 5 nitrogen and oxygen atoms in total. The maximum atomic E-state index is 12.1. The Labute approximate surface area is 135 Å². The normalized spacial score (nSPS) is 25.3. The second-order valence-corrected chi connectivity index (χ2v) is 7.84. The lowest BCUT2D eigenvalue weighted by Crippen LogP contribution is -2.46. The van der Waals surface area contributed by atoms with Gasteiger partial charge in [0.1, 0.15) is 5.60 Å². The molecule has 0 aromatic heterocycles. The fourth-order valence-corrected chi connectivity index (χ4v) is 3.37. The highest BCUT2D eigenvalue weighted by atomic mass is 16.6. The summed E-state index contributed by atoms with van der Waals surface area (Å²) in [6.07, 6.45) is 4.89. The Morgan fingerprint density at radius 2 is 1.91 bits per heavy atom. The summed E-state index contributed by atoms with van der Waals surface area (Å²) >= 11 is 0. The Hall–Kier alpha value is -0.810. The molecule has 128 valence electrons. The standard InChI is InChI=1S/C17H33N3O2/c1-14(12-19-9-6-5-7-10-19)18-15-8-11-20(13-15)16(21)22-17(2,3)4/h14-15,18H,5-13H2,1-4H3. The number of piperidine rings is 1. The number of nitrogens with zero attached hydrogens (tertiary/aromatic N) is 2. The fraction of sp³-hybridized carbons (Fsp3) is 0.941. The first-order valence-corrected chi connectivity index (χ1v) is 8.80. The third-order valence-corrected chi connectivity index (χ3v) is 4.34. The van der Waals surface area contributed by atoms with Gasteiger partial charge in [-0.15, -0.1) is 0 Å². The van der Waals surface area contributed by atoms with E-state index in [0.717, 1.165) is 26.1 Å². The van der Waals surface area contributed by atoms with Crippen LogP contribution in [0.25, 0.3) is 0 Å². The van der Waals surface area contributed by atoms with E-state index in [1.807, 2.05) is 25.7 Å². The van der Waals surface area contributed by atoms with Crippen LogP contribution in [0, 0.1) is 0 Å². The Morgan fingerprint density at radius 1 is 1.23 bits per heavy atom. The number of hydrogen-bond acceptors (Lipinski definition) is 4. The average Bonchev–Trinajstić information content (AvgIpc) is 2.86. The van der Waals surface area contributed by atoms with Crippen LogP contribution >= 0.6 is 0 Å². The lowest BCUT2D eigenvalue weighted by molar-refractivity contribution is 0.0290. The predicted molar refractivity (Wildman–Crippen MR) is 89.1 cm³/mol. The number of carbonyl (C=O) groups is 1. The van der Waals surface area contributed by atoms with Crippen LogP contribution in [0.5, 0.6) is 0 Å². The van der Waals surface area contributed by atoms with Crippen molar-refractivity contribution in [3.63, 3.8) is 0 Å². The second kappa shape index (κ2) is 7.64. The largest absolute Gasteiger partial charge is 0.444 e. The monoisotopic (exact) mass is 311 g/mol. The summed E-state index contributed by atoms with van der Waals surface area (Å²) in [7, 11) is 0. The quantitative estimate of drug-likeness (QED) is 0.866. The number of likely N-dealkylation sites (tertiary alicyclic amines) is 2. The number of ether oxygens (including phenoxy) is 1. The summed E-state index contributed by atoms with van der Waals surface area (Å²) in [5.74, 6) is 0. The van der Waals surface area contributed by atoms with E-state index in [1.165, 1.54) is 32.4 Å². The molecule has 0 bridgehead atoms. The first-order chi connectivity index (χ1) is 10.3. The lowest BCUT2D eigenvalue weighted by Gasteiger charge is -2.30. The van der Waals surface area contributed by atoms with Crippen molar-refractivity contribution >= 4 is 6.09 Å². The summed E-state index contributed by atoms with van der Waals surface area (Å²) in [6.45, 7) is 13.1. The van der Waals surface area contributed by atoms with Gasteiger partial charge in [0.15, 0.2) is 0 Å². The molecule has 1 amide bonds. The van der Waals surface area contributed by atoms with E-state index in [2.05, 4.69) is 17.1 Å². The molecule has 2 aliphatic rings. The highest BCUT2D eigenvalue weighted by Gasteiger charge is 2.30. The lowest BCUT2D eigenvalue weighted by atomic mass is 10.1. The zero-order valence-corrected chi connectivity index (χ0v) is 14.7. The molecule has 1 N–H and O–H groups in total. The van der Waals surface area contributed by atoms with E-state index >= 15 is 0 Å². The molecule has 2 unspecified atom stereocenters. The topological polar surface area (TPSA) is 44.8 Å². The molecule has 0 aliphatic carbocycles. The number of carbonyl (C=O) groups excluding carboxylic acids is 1. The van der Waals surface area contributed by atoms with E-state index < -0.39 is 5.60 Å². The van der Waals surface area contributed by atoms with Gasteiger partial charge in [-0.3, -0.25) is 0 Å². The molecule has 2 atom stereocenters. The van der Waals surface area contributed by atoms with Crippen LogP contribution in [0.15, 0.2) is 0 Å². The van der Waals surface area contributed by atoms with Crippen LogP contribution in [-0.2, 0) is 4.74 Å². The smallest absolute Gasteiger partial charge is 0.410 e. The zero-order valence-electron chi connectivity index (χ0n) is 14.7. The molecular formula is C17H33N3O2. The van der Waals surface area contributed by atoms with Crippen molar-refractivity contribution in [3.05, 3.63) is 0 Å². The van der Waals surface area contributed by atoms with Crippen molar-refractivity contribution < 1.29 is 9.53 Å². The Morgan fingerprint density at radius 3 is 2.55 bits per heavy atom. The Bertz CT molecular complexity index is 361. The molecule has 2 saturated heterocycles. The molecule has 0 saturated carbocycles. The Kier molecular flexibility index (Phi) is 6.09. The van der Waals surface area contributed by atoms with Gasteiger partial charge in [-0.05, 0) is 60.0 Å². The van der Waals surface area contributed by atoms with Crippen molar-refractivity contribution in [2.24, 2.45) is 0 Å². The minimum atomic E-state index is -0.413. The van der Waals surface area contributed by atoms with Crippen molar-refractivity contribution in [2.75, 3.05) is 32.7 Å². The van der Waals surface area contributed by atoms with Crippen LogP contribution in [-0.4, -0.2) is 66.3 Å². The molecule has 0 radical (unpaired) electrons. The van der Waals surface area contributed by atoms with Gasteiger partial charge >= 0.3 is 6.09 Å². The summed E-state index contributed by atoms with van der Waals surface area (Å²) < 4.78 is 5.45. The average molecular weight is 311 g/mol. The molecule has 2 rings (SSSR count). The summed E-state index contributed by atoms with van der Waals surface area (Å²) in [6, 6.07) is 0.869. The Balaban J connectivity index is 1.70. The first-order valence-electron chi connectivity index (χ1n) is 8.80. The maximum absolute atomic E-state index is 12.1. The van der Waals surface area contributed by atoms with Crippen LogP contribution in [0.1, 0.15) is 53.4 Å². The van der Waals surface area contributed by atoms with Crippen molar-refractivity contribution in [1.29, 1.82) is 0 Å². The highest BCUT2D eigenvalue weighted by molar-refractivity contribution is 5.68. The van der Waals surface area contributed by atoms with E-state index in [1.54, 1.807) is 0 Å². The SMILES string of the molecule is CC(CN1CCCCC1)NC1CCN(C(=O)OC(C)(C)C)C1. The minimum Gasteiger partial charge on any atom is -0.444 e. The van der Waals surface area contributed by atoms with Crippen LogP contribution in [0.3, 0.4) is 0 Å². The van der Waals surface area contributed by atoms with E-state index in [0.29, 0.717) is 12.1 Å². The number of amides is 1. The molecule has 0 aromatic rings. The highest BCUT2D eigenvalue weighted by Crippen LogP contribution is 2.16. The van der Waals surface area contributed by atoms with Gasteiger partial charge in [-0.2, -0.15) is 0 Å².